The predicted octanol–water partition coefficient (Wildman–Crippen LogP) is 3.87. The molecule has 1 aromatic rings. The van der Waals surface area contributed by atoms with Crippen LogP contribution in [0.25, 0.3) is 0 Å². The molecule has 4 nitrogen and oxygen atoms in total. The number of hydrogen-bond acceptors (Lipinski definition) is 3. The predicted molar refractivity (Wildman–Crippen MR) is 79.1 cm³/mol. The van der Waals surface area contributed by atoms with Crippen LogP contribution in [0.3, 0.4) is 0 Å². The SMILES string of the molecule is CC(C)(C)[C@H](NC(=O)c1ccccc1)C(=O)OC(C(F)(F)F)C(F)(F)F. The Morgan fingerprint density at radius 3 is 1.77 bits per heavy atom. The van der Waals surface area contributed by atoms with Gasteiger partial charge < -0.3 is 10.1 Å². The Morgan fingerprint density at radius 1 is 0.923 bits per heavy atom. The second kappa shape index (κ2) is 7.55. The van der Waals surface area contributed by atoms with Crippen molar-refractivity contribution in [2.75, 3.05) is 0 Å². The molecule has 0 bridgehead atoms. The Labute approximate surface area is 145 Å². The van der Waals surface area contributed by atoms with E-state index in [4.69, 9.17) is 0 Å². The zero-order valence-corrected chi connectivity index (χ0v) is 14.0. The number of halogens is 6. The third-order valence-electron chi connectivity index (χ3n) is 3.24. The van der Waals surface area contributed by atoms with Crippen LogP contribution in [-0.2, 0) is 9.53 Å². The van der Waals surface area contributed by atoms with Gasteiger partial charge in [-0.25, -0.2) is 4.79 Å². The van der Waals surface area contributed by atoms with Gasteiger partial charge in [-0.15, -0.1) is 0 Å². The quantitative estimate of drug-likeness (QED) is 0.633. The van der Waals surface area contributed by atoms with Gasteiger partial charge in [0.15, 0.2) is 0 Å². The highest BCUT2D eigenvalue weighted by molar-refractivity contribution is 5.96. The van der Waals surface area contributed by atoms with E-state index in [1.165, 1.54) is 45.0 Å². The Balaban J connectivity index is 3.06. The minimum atomic E-state index is -5.83. The molecule has 146 valence electrons. The minimum absolute atomic E-state index is 0.0812. The number of hydrogen-bond donors (Lipinski definition) is 1. The molecule has 1 N–H and O–H groups in total. The first-order valence-corrected chi connectivity index (χ1v) is 7.34. The Hall–Kier alpha value is -2.26. The standard InChI is InChI=1S/C16H17F6NO3/c1-14(2,3)10(23-11(24)9-7-5-4-6-8-9)12(25)26-13(15(17,18)19)16(20,21)22/h4-8,10,13H,1-3H3,(H,23,24)/t10-/m1/s1. The maximum Gasteiger partial charge on any atom is 0.434 e. The summed E-state index contributed by atoms with van der Waals surface area (Å²) in [5, 5.41) is 2.13. The molecule has 1 amide bonds. The van der Waals surface area contributed by atoms with E-state index in [0.29, 0.717) is 0 Å². The summed E-state index contributed by atoms with van der Waals surface area (Å²) in [6.07, 6.45) is -15.9. The van der Waals surface area contributed by atoms with E-state index >= 15 is 0 Å². The fraction of sp³-hybridized carbons (Fsp3) is 0.500. The Bertz CT molecular complexity index is 620. The van der Waals surface area contributed by atoms with Crippen LogP contribution in [0.5, 0.6) is 0 Å². The van der Waals surface area contributed by atoms with E-state index < -0.39 is 41.8 Å². The van der Waals surface area contributed by atoms with Gasteiger partial charge in [-0.2, -0.15) is 26.3 Å². The van der Waals surface area contributed by atoms with Crippen LogP contribution in [0.4, 0.5) is 26.3 Å². The van der Waals surface area contributed by atoms with Crippen LogP contribution >= 0.6 is 0 Å². The summed E-state index contributed by atoms with van der Waals surface area (Å²) in [6, 6.07) is 5.61. The van der Waals surface area contributed by atoms with Gasteiger partial charge in [-0.05, 0) is 17.5 Å². The molecule has 0 saturated heterocycles. The average Bonchev–Trinajstić information content (AvgIpc) is 2.47. The van der Waals surface area contributed by atoms with Gasteiger partial charge in [0.05, 0.1) is 0 Å². The van der Waals surface area contributed by atoms with Gasteiger partial charge in [0.25, 0.3) is 12.0 Å². The molecule has 26 heavy (non-hydrogen) atoms. The van der Waals surface area contributed by atoms with Crippen molar-refractivity contribution >= 4 is 11.9 Å². The lowest BCUT2D eigenvalue weighted by Gasteiger charge is -2.32. The third kappa shape index (κ3) is 5.92. The maximum atomic E-state index is 12.6. The van der Waals surface area contributed by atoms with Crippen molar-refractivity contribution in [3.63, 3.8) is 0 Å². The van der Waals surface area contributed by atoms with Crippen LogP contribution < -0.4 is 5.32 Å². The summed E-state index contributed by atoms with van der Waals surface area (Å²) in [5.41, 5.74) is -1.12. The topological polar surface area (TPSA) is 55.4 Å². The van der Waals surface area contributed by atoms with Gasteiger partial charge in [-0.1, -0.05) is 39.0 Å². The van der Waals surface area contributed by atoms with E-state index in [1.54, 1.807) is 6.07 Å². The first kappa shape index (κ1) is 21.8. The van der Waals surface area contributed by atoms with Crippen molar-refractivity contribution in [1.82, 2.24) is 5.32 Å². The fourth-order valence-electron chi connectivity index (χ4n) is 1.94. The van der Waals surface area contributed by atoms with Gasteiger partial charge in [0.2, 0.25) is 0 Å². The fourth-order valence-corrected chi connectivity index (χ4v) is 1.94. The number of alkyl halides is 6. The molecule has 1 rings (SSSR count). The normalized spacial score (nSPS) is 14.1. The maximum absolute atomic E-state index is 12.6. The van der Waals surface area contributed by atoms with Gasteiger partial charge in [0.1, 0.15) is 6.04 Å². The van der Waals surface area contributed by atoms with E-state index in [0.717, 1.165) is 0 Å². The Kier molecular flexibility index (Phi) is 6.32. The number of nitrogens with one attached hydrogen (secondary N) is 1. The van der Waals surface area contributed by atoms with E-state index in [1.807, 2.05) is 0 Å². The molecular formula is C16H17F6NO3. The minimum Gasteiger partial charge on any atom is -0.441 e. The molecule has 0 saturated carbocycles. The van der Waals surface area contributed by atoms with E-state index in [-0.39, 0.29) is 5.56 Å². The van der Waals surface area contributed by atoms with Crippen molar-refractivity contribution in [2.45, 2.75) is 45.3 Å². The van der Waals surface area contributed by atoms with Crippen molar-refractivity contribution in [1.29, 1.82) is 0 Å². The second-order valence-corrected chi connectivity index (χ2v) is 6.54. The molecule has 0 fully saturated rings. The molecule has 0 spiro atoms. The summed E-state index contributed by atoms with van der Waals surface area (Å²) in [5.74, 6) is -2.67. The first-order valence-electron chi connectivity index (χ1n) is 7.34. The molecule has 10 heteroatoms. The van der Waals surface area contributed by atoms with E-state index in [2.05, 4.69) is 10.1 Å². The average molecular weight is 385 g/mol. The van der Waals surface area contributed by atoms with E-state index in [9.17, 15) is 35.9 Å². The smallest absolute Gasteiger partial charge is 0.434 e. The molecule has 0 aliphatic carbocycles. The Morgan fingerprint density at radius 2 is 1.38 bits per heavy atom. The first-order chi connectivity index (χ1) is 11.6. The molecule has 1 aromatic carbocycles. The van der Waals surface area contributed by atoms with Gasteiger partial charge in [0, 0.05) is 5.56 Å². The largest absolute Gasteiger partial charge is 0.441 e. The number of carbonyl (C=O) groups excluding carboxylic acids is 2. The molecule has 0 aliphatic rings. The van der Waals surface area contributed by atoms with Crippen molar-refractivity contribution < 1.29 is 40.7 Å². The van der Waals surface area contributed by atoms with Crippen molar-refractivity contribution in [3.8, 4) is 0 Å². The number of rotatable bonds is 4. The lowest BCUT2D eigenvalue weighted by atomic mass is 9.86. The van der Waals surface area contributed by atoms with Gasteiger partial charge >= 0.3 is 18.3 Å². The number of benzene rings is 1. The summed E-state index contributed by atoms with van der Waals surface area (Å²) < 4.78 is 79.2. The van der Waals surface area contributed by atoms with Crippen LogP contribution in [0.2, 0.25) is 0 Å². The summed E-state index contributed by atoms with van der Waals surface area (Å²) in [6.45, 7) is 4.08. The molecule has 1 atom stereocenters. The molecule has 0 aromatic heterocycles. The second-order valence-electron chi connectivity index (χ2n) is 6.54. The lowest BCUT2D eigenvalue weighted by Crippen LogP contribution is -2.54. The number of amides is 1. The molecule has 0 aliphatic heterocycles. The van der Waals surface area contributed by atoms with Crippen molar-refractivity contribution in [3.05, 3.63) is 35.9 Å². The summed E-state index contributed by atoms with van der Waals surface area (Å²) in [4.78, 5) is 24.1. The number of carbonyl (C=O) groups is 2. The van der Waals surface area contributed by atoms with Gasteiger partial charge in [-0.3, -0.25) is 4.79 Å². The number of ether oxygens (including phenoxy) is 1. The summed E-state index contributed by atoms with van der Waals surface area (Å²) in [7, 11) is 0. The van der Waals surface area contributed by atoms with Crippen LogP contribution in [0.15, 0.2) is 30.3 Å². The van der Waals surface area contributed by atoms with Crippen molar-refractivity contribution in [2.24, 2.45) is 5.41 Å². The molecule has 0 radical (unpaired) electrons. The zero-order valence-electron chi connectivity index (χ0n) is 14.0. The monoisotopic (exact) mass is 385 g/mol. The number of esters is 1. The third-order valence-corrected chi connectivity index (χ3v) is 3.24. The van der Waals surface area contributed by atoms with Crippen LogP contribution in [-0.4, -0.2) is 36.4 Å². The highest BCUT2D eigenvalue weighted by Gasteiger charge is 2.60. The highest BCUT2D eigenvalue weighted by atomic mass is 19.4. The summed E-state index contributed by atoms with van der Waals surface area (Å²) >= 11 is 0. The zero-order chi connectivity index (χ0) is 20.3. The van der Waals surface area contributed by atoms with Crippen LogP contribution in [0, 0.1) is 5.41 Å². The van der Waals surface area contributed by atoms with Crippen LogP contribution in [0.1, 0.15) is 31.1 Å². The molecular weight excluding hydrogens is 368 g/mol. The molecule has 0 unspecified atom stereocenters. The molecule has 0 heterocycles. The highest BCUT2D eigenvalue weighted by Crippen LogP contribution is 2.36. The lowest BCUT2D eigenvalue weighted by molar-refractivity contribution is -0.314.